The molecule has 25 heavy (non-hydrogen) atoms. The van der Waals surface area contributed by atoms with Crippen LogP contribution in [-0.2, 0) is 14.3 Å². The minimum atomic E-state index is -0.320. The lowest BCUT2D eigenvalue weighted by molar-refractivity contribution is -0.149. The molecule has 0 aliphatic heterocycles. The molecule has 0 fully saturated rings. The van der Waals surface area contributed by atoms with E-state index in [1.165, 1.54) is 0 Å². The fourth-order valence-electron chi connectivity index (χ4n) is 2.91. The van der Waals surface area contributed by atoms with Crippen molar-refractivity contribution in [1.29, 1.82) is 0 Å². The van der Waals surface area contributed by atoms with Gasteiger partial charge < -0.3 is 10.1 Å². The summed E-state index contributed by atoms with van der Waals surface area (Å²) in [7, 11) is 0. The predicted molar refractivity (Wildman–Crippen MR) is 98.2 cm³/mol. The van der Waals surface area contributed by atoms with Crippen molar-refractivity contribution in [2.24, 2.45) is 5.92 Å². The van der Waals surface area contributed by atoms with Gasteiger partial charge in [0, 0.05) is 4.88 Å². The van der Waals surface area contributed by atoms with Gasteiger partial charge in [0.05, 0.1) is 12.5 Å². The van der Waals surface area contributed by atoms with E-state index in [1.54, 1.807) is 11.3 Å². The quantitative estimate of drug-likeness (QED) is 0.606. The van der Waals surface area contributed by atoms with Gasteiger partial charge in [0.2, 0.25) is 0 Å². The lowest BCUT2D eigenvalue weighted by atomic mass is 10.1. The van der Waals surface area contributed by atoms with E-state index < -0.39 is 0 Å². The molecular formula is C20H21NO3S. The van der Waals surface area contributed by atoms with Crippen molar-refractivity contribution in [2.45, 2.75) is 25.3 Å². The lowest BCUT2D eigenvalue weighted by Crippen LogP contribution is -2.32. The monoisotopic (exact) mass is 355 g/mol. The van der Waals surface area contributed by atoms with Crippen LogP contribution in [0, 0.1) is 5.92 Å². The van der Waals surface area contributed by atoms with Crippen molar-refractivity contribution in [3.8, 4) is 0 Å². The summed E-state index contributed by atoms with van der Waals surface area (Å²) >= 11 is 1.58. The third-order valence-corrected chi connectivity index (χ3v) is 5.11. The maximum atomic E-state index is 12.3. The van der Waals surface area contributed by atoms with Crippen LogP contribution in [0.2, 0.25) is 0 Å². The van der Waals surface area contributed by atoms with Crippen LogP contribution in [0.25, 0.3) is 0 Å². The van der Waals surface area contributed by atoms with E-state index in [4.69, 9.17) is 4.74 Å². The first-order valence-electron chi connectivity index (χ1n) is 8.42. The minimum absolute atomic E-state index is 0.231. The molecule has 1 aliphatic carbocycles. The molecule has 0 spiro atoms. The highest BCUT2D eigenvalue weighted by atomic mass is 32.1. The van der Waals surface area contributed by atoms with Gasteiger partial charge in [-0.2, -0.15) is 0 Å². The van der Waals surface area contributed by atoms with Crippen LogP contribution >= 0.6 is 11.3 Å². The molecule has 4 nitrogen and oxygen atoms in total. The standard InChI is InChI=1S/C20H21NO3S/c22-18(14-24-19(23)13-15-7-4-5-8-15)21-20(17-11-6-12-25-17)16-9-2-1-3-10-16/h1-4,6-7,9-12,15,20H,5,8,13-14H2,(H,21,22)/t15-,20-/m0/s1. The highest BCUT2D eigenvalue weighted by Gasteiger charge is 2.20. The van der Waals surface area contributed by atoms with Gasteiger partial charge in [-0.3, -0.25) is 9.59 Å². The van der Waals surface area contributed by atoms with Crippen LogP contribution in [-0.4, -0.2) is 18.5 Å². The second-order valence-corrected chi connectivity index (χ2v) is 7.04. The summed E-state index contributed by atoms with van der Waals surface area (Å²) < 4.78 is 5.14. The molecule has 0 saturated carbocycles. The molecule has 1 amide bonds. The summed E-state index contributed by atoms with van der Waals surface area (Å²) in [6, 6.07) is 13.5. The number of allylic oxidation sites excluding steroid dienone is 2. The molecule has 130 valence electrons. The summed E-state index contributed by atoms with van der Waals surface area (Å²) in [5, 5.41) is 4.94. The Hall–Kier alpha value is -2.40. The van der Waals surface area contributed by atoms with Crippen LogP contribution in [0.5, 0.6) is 0 Å². The van der Waals surface area contributed by atoms with Gasteiger partial charge in [-0.15, -0.1) is 11.3 Å². The van der Waals surface area contributed by atoms with E-state index in [0.29, 0.717) is 6.42 Å². The fraction of sp³-hybridized carbons (Fsp3) is 0.300. The Morgan fingerprint density at radius 3 is 2.72 bits per heavy atom. The summed E-state index contributed by atoms with van der Waals surface area (Å²) in [6.07, 6.45) is 6.46. The topological polar surface area (TPSA) is 55.4 Å². The fourth-order valence-corrected chi connectivity index (χ4v) is 3.71. The molecule has 0 unspecified atom stereocenters. The summed E-state index contributed by atoms with van der Waals surface area (Å²) in [5.41, 5.74) is 1.00. The third kappa shape index (κ3) is 5.03. The van der Waals surface area contributed by atoms with E-state index in [-0.39, 0.29) is 30.4 Å². The SMILES string of the molecule is O=C(COC(=O)C[C@H]1C=CCC1)N[C@@H](c1ccccc1)c1cccs1. The van der Waals surface area contributed by atoms with Gasteiger partial charge in [-0.25, -0.2) is 0 Å². The molecule has 0 radical (unpaired) electrons. The van der Waals surface area contributed by atoms with E-state index in [9.17, 15) is 9.59 Å². The van der Waals surface area contributed by atoms with Crippen LogP contribution in [0.4, 0.5) is 0 Å². The van der Waals surface area contributed by atoms with Crippen molar-refractivity contribution in [3.63, 3.8) is 0 Å². The molecular weight excluding hydrogens is 334 g/mol. The highest BCUT2D eigenvalue weighted by Crippen LogP contribution is 2.26. The molecule has 1 aromatic carbocycles. The van der Waals surface area contributed by atoms with Gasteiger partial charge >= 0.3 is 5.97 Å². The summed E-state index contributed by atoms with van der Waals surface area (Å²) in [5.74, 6) is -0.365. The van der Waals surface area contributed by atoms with E-state index >= 15 is 0 Å². The number of carbonyl (C=O) groups is 2. The molecule has 2 aromatic rings. The molecule has 1 aliphatic rings. The molecule has 5 heteroatoms. The zero-order valence-electron chi connectivity index (χ0n) is 13.9. The number of thiophene rings is 1. The Labute approximate surface area is 151 Å². The van der Waals surface area contributed by atoms with Crippen molar-refractivity contribution < 1.29 is 14.3 Å². The largest absolute Gasteiger partial charge is 0.456 e. The summed E-state index contributed by atoms with van der Waals surface area (Å²) in [4.78, 5) is 25.2. The average Bonchev–Trinajstić information content (AvgIpc) is 3.32. The molecule has 1 aromatic heterocycles. The molecule has 0 saturated heterocycles. The smallest absolute Gasteiger partial charge is 0.306 e. The van der Waals surface area contributed by atoms with Crippen LogP contribution in [0.1, 0.15) is 35.7 Å². The maximum absolute atomic E-state index is 12.3. The number of rotatable bonds is 7. The first-order valence-corrected chi connectivity index (χ1v) is 9.30. The van der Waals surface area contributed by atoms with Crippen molar-refractivity contribution >= 4 is 23.2 Å². The van der Waals surface area contributed by atoms with Gasteiger partial charge in [0.1, 0.15) is 0 Å². The molecule has 2 atom stereocenters. The number of hydrogen-bond donors (Lipinski definition) is 1. The van der Waals surface area contributed by atoms with Crippen molar-refractivity contribution in [1.82, 2.24) is 5.32 Å². The van der Waals surface area contributed by atoms with Gasteiger partial charge in [-0.05, 0) is 35.8 Å². The van der Waals surface area contributed by atoms with Crippen molar-refractivity contribution in [2.75, 3.05) is 6.61 Å². The number of carbonyl (C=O) groups excluding carboxylic acids is 2. The van der Waals surface area contributed by atoms with Crippen LogP contribution < -0.4 is 5.32 Å². The first-order chi connectivity index (χ1) is 12.2. The van der Waals surface area contributed by atoms with Gasteiger partial charge in [0.15, 0.2) is 6.61 Å². The maximum Gasteiger partial charge on any atom is 0.306 e. The molecule has 3 rings (SSSR count). The number of ether oxygens (including phenoxy) is 1. The lowest BCUT2D eigenvalue weighted by Gasteiger charge is -2.18. The minimum Gasteiger partial charge on any atom is -0.456 e. The molecule has 1 heterocycles. The van der Waals surface area contributed by atoms with Crippen LogP contribution in [0.3, 0.4) is 0 Å². The zero-order valence-corrected chi connectivity index (χ0v) is 14.7. The second-order valence-electron chi connectivity index (χ2n) is 6.06. The predicted octanol–water partition coefficient (Wildman–Crippen LogP) is 3.85. The van der Waals surface area contributed by atoms with E-state index in [1.807, 2.05) is 53.9 Å². The van der Waals surface area contributed by atoms with Gasteiger partial charge in [-0.1, -0.05) is 48.6 Å². The number of benzene rings is 1. The van der Waals surface area contributed by atoms with Gasteiger partial charge in [0.25, 0.3) is 5.91 Å². The summed E-state index contributed by atoms with van der Waals surface area (Å²) in [6.45, 7) is -0.246. The first kappa shape index (κ1) is 17.4. The number of amides is 1. The Morgan fingerprint density at radius 2 is 2.04 bits per heavy atom. The second kappa shape index (κ2) is 8.62. The number of hydrogen-bond acceptors (Lipinski definition) is 4. The number of nitrogens with one attached hydrogen (secondary N) is 1. The molecule has 0 bridgehead atoms. The number of esters is 1. The molecule has 1 N–H and O–H groups in total. The normalized spacial score (nSPS) is 17.2. The van der Waals surface area contributed by atoms with Crippen molar-refractivity contribution in [3.05, 3.63) is 70.4 Å². The Morgan fingerprint density at radius 1 is 1.20 bits per heavy atom. The van der Waals surface area contributed by atoms with Crippen LogP contribution in [0.15, 0.2) is 60.0 Å². The zero-order chi connectivity index (χ0) is 17.5. The highest BCUT2D eigenvalue weighted by molar-refractivity contribution is 7.10. The van der Waals surface area contributed by atoms with E-state index in [2.05, 4.69) is 11.4 Å². The third-order valence-electron chi connectivity index (χ3n) is 4.17. The Bertz CT molecular complexity index is 725. The average molecular weight is 355 g/mol. The Kier molecular flexibility index (Phi) is 6.01. The van der Waals surface area contributed by atoms with E-state index in [0.717, 1.165) is 23.3 Å². The Balaban J connectivity index is 1.55.